The third-order valence-electron chi connectivity index (χ3n) is 2.23. The summed E-state index contributed by atoms with van der Waals surface area (Å²) in [5.41, 5.74) is 3.38. The molecule has 0 aliphatic rings. The summed E-state index contributed by atoms with van der Waals surface area (Å²) in [5.74, 6) is 0. The molecule has 3 rings (SSSR count). The summed E-state index contributed by atoms with van der Waals surface area (Å²) in [6, 6.07) is 8.14. The lowest BCUT2D eigenvalue weighted by atomic mass is 10.2. The number of thiophene rings is 1. The van der Waals surface area contributed by atoms with Crippen molar-refractivity contribution in [2.75, 3.05) is 0 Å². The van der Waals surface area contributed by atoms with E-state index in [1.807, 2.05) is 30.6 Å². The van der Waals surface area contributed by atoms with Crippen molar-refractivity contribution >= 4 is 17.0 Å². The second-order valence-corrected chi connectivity index (χ2v) is 3.86. The van der Waals surface area contributed by atoms with Crippen LogP contribution in [0.15, 0.2) is 47.4 Å². The van der Waals surface area contributed by atoms with E-state index in [1.54, 1.807) is 11.3 Å². The maximum absolute atomic E-state index is 4.34. The van der Waals surface area contributed by atoms with E-state index in [1.165, 1.54) is 5.56 Å². The van der Waals surface area contributed by atoms with Crippen LogP contribution in [0.2, 0.25) is 0 Å². The minimum absolute atomic E-state index is 0.994. The highest BCUT2D eigenvalue weighted by molar-refractivity contribution is 7.08. The fourth-order valence-electron chi connectivity index (χ4n) is 1.56. The van der Waals surface area contributed by atoms with Crippen LogP contribution in [0, 0.1) is 0 Å². The van der Waals surface area contributed by atoms with E-state index in [4.69, 9.17) is 0 Å². The first kappa shape index (κ1) is 7.76. The van der Waals surface area contributed by atoms with Crippen LogP contribution in [-0.4, -0.2) is 9.38 Å². The van der Waals surface area contributed by atoms with Gasteiger partial charge in [-0.1, -0.05) is 6.07 Å². The number of aromatic nitrogens is 2. The maximum Gasteiger partial charge on any atom is 0.137 e. The summed E-state index contributed by atoms with van der Waals surface area (Å²) in [7, 11) is 0. The molecule has 3 heterocycles. The van der Waals surface area contributed by atoms with E-state index >= 15 is 0 Å². The maximum atomic E-state index is 4.34. The molecular formula is C11H8N2S. The standard InChI is InChI=1S/C11H8N2S/c1-2-5-13-10(7-12-11(13)3-1)9-4-6-14-8-9/h1-8H. The molecule has 0 radical (unpaired) electrons. The number of hydrogen-bond acceptors (Lipinski definition) is 2. The quantitative estimate of drug-likeness (QED) is 0.590. The topological polar surface area (TPSA) is 17.3 Å². The largest absolute Gasteiger partial charge is 0.300 e. The third-order valence-corrected chi connectivity index (χ3v) is 2.92. The molecule has 3 heteroatoms. The number of nitrogens with zero attached hydrogens (tertiary/aromatic N) is 2. The van der Waals surface area contributed by atoms with Gasteiger partial charge in [-0.2, -0.15) is 11.3 Å². The molecule has 2 nitrogen and oxygen atoms in total. The predicted octanol–water partition coefficient (Wildman–Crippen LogP) is 3.06. The van der Waals surface area contributed by atoms with Crippen molar-refractivity contribution in [2.24, 2.45) is 0 Å². The van der Waals surface area contributed by atoms with Crippen LogP contribution in [0.3, 0.4) is 0 Å². The zero-order valence-corrected chi connectivity index (χ0v) is 8.24. The Kier molecular flexibility index (Phi) is 1.64. The van der Waals surface area contributed by atoms with Crippen LogP contribution >= 0.6 is 11.3 Å². The van der Waals surface area contributed by atoms with E-state index in [-0.39, 0.29) is 0 Å². The number of hydrogen-bond donors (Lipinski definition) is 0. The second kappa shape index (κ2) is 2.96. The van der Waals surface area contributed by atoms with Crippen molar-refractivity contribution in [3.8, 4) is 11.3 Å². The zero-order chi connectivity index (χ0) is 9.38. The Labute approximate surface area is 85.5 Å². The molecule has 0 atom stereocenters. The Morgan fingerprint density at radius 1 is 1.21 bits per heavy atom. The van der Waals surface area contributed by atoms with Gasteiger partial charge in [-0.25, -0.2) is 4.98 Å². The molecule has 68 valence electrons. The first-order valence-corrected chi connectivity index (χ1v) is 5.34. The van der Waals surface area contributed by atoms with Gasteiger partial charge in [0.2, 0.25) is 0 Å². The van der Waals surface area contributed by atoms with Crippen molar-refractivity contribution < 1.29 is 0 Å². The van der Waals surface area contributed by atoms with Crippen molar-refractivity contribution in [3.05, 3.63) is 47.4 Å². The molecule has 0 unspecified atom stereocenters. The van der Waals surface area contributed by atoms with Gasteiger partial charge in [0, 0.05) is 17.1 Å². The lowest BCUT2D eigenvalue weighted by molar-refractivity contribution is 1.19. The summed E-state index contributed by atoms with van der Waals surface area (Å²) >= 11 is 1.71. The monoisotopic (exact) mass is 200 g/mol. The number of rotatable bonds is 1. The molecule has 0 bridgehead atoms. The first-order valence-electron chi connectivity index (χ1n) is 4.40. The molecule has 0 spiro atoms. The fourth-order valence-corrected chi connectivity index (χ4v) is 2.21. The SMILES string of the molecule is c1ccn2c(-c3ccsc3)cnc2c1. The van der Waals surface area contributed by atoms with Crippen LogP contribution in [-0.2, 0) is 0 Å². The number of imidazole rings is 1. The highest BCUT2D eigenvalue weighted by atomic mass is 32.1. The second-order valence-electron chi connectivity index (χ2n) is 3.08. The summed E-state index contributed by atoms with van der Waals surface area (Å²) in [6.45, 7) is 0. The van der Waals surface area contributed by atoms with Gasteiger partial charge in [0.1, 0.15) is 5.65 Å². The zero-order valence-electron chi connectivity index (χ0n) is 7.42. The third kappa shape index (κ3) is 1.06. The van der Waals surface area contributed by atoms with Crippen molar-refractivity contribution in [1.29, 1.82) is 0 Å². The summed E-state index contributed by atoms with van der Waals surface area (Å²) < 4.78 is 2.10. The van der Waals surface area contributed by atoms with Gasteiger partial charge in [0.15, 0.2) is 0 Å². The molecule has 14 heavy (non-hydrogen) atoms. The van der Waals surface area contributed by atoms with Gasteiger partial charge >= 0.3 is 0 Å². The number of pyridine rings is 1. The Morgan fingerprint density at radius 3 is 3.07 bits per heavy atom. The Morgan fingerprint density at radius 2 is 2.21 bits per heavy atom. The van der Waals surface area contributed by atoms with Crippen molar-refractivity contribution in [2.45, 2.75) is 0 Å². The van der Waals surface area contributed by atoms with Gasteiger partial charge in [-0.15, -0.1) is 0 Å². The molecular weight excluding hydrogens is 192 g/mol. The highest BCUT2D eigenvalue weighted by Gasteiger charge is 2.04. The summed E-state index contributed by atoms with van der Waals surface area (Å²) in [6.07, 6.45) is 3.95. The summed E-state index contributed by atoms with van der Waals surface area (Å²) in [5, 5.41) is 4.22. The fraction of sp³-hybridized carbons (Fsp3) is 0. The van der Waals surface area contributed by atoms with Crippen LogP contribution in [0.5, 0.6) is 0 Å². The molecule has 0 saturated carbocycles. The molecule has 0 N–H and O–H groups in total. The van der Waals surface area contributed by atoms with E-state index < -0.39 is 0 Å². The molecule has 0 aromatic carbocycles. The van der Waals surface area contributed by atoms with Crippen LogP contribution < -0.4 is 0 Å². The lowest BCUT2D eigenvalue weighted by Gasteiger charge is -1.97. The minimum Gasteiger partial charge on any atom is -0.300 e. The molecule has 3 aromatic rings. The average Bonchev–Trinajstić information content (AvgIpc) is 2.85. The van der Waals surface area contributed by atoms with Crippen molar-refractivity contribution in [3.63, 3.8) is 0 Å². The molecule has 0 fully saturated rings. The smallest absolute Gasteiger partial charge is 0.137 e. The lowest BCUT2D eigenvalue weighted by Crippen LogP contribution is -1.84. The van der Waals surface area contributed by atoms with Gasteiger partial charge < -0.3 is 0 Å². The number of fused-ring (bicyclic) bond motifs is 1. The van der Waals surface area contributed by atoms with Gasteiger partial charge in [-0.3, -0.25) is 4.40 Å². The van der Waals surface area contributed by atoms with Gasteiger partial charge in [0.05, 0.1) is 11.9 Å². The van der Waals surface area contributed by atoms with E-state index in [0.29, 0.717) is 0 Å². The van der Waals surface area contributed by atoms with Crippen LogP contribution in [0.1, 0.15) is 0 Å². The normalized spacial score (nSPS) is 10.9. The van der Waals surface area contributed by atoms with Crippen molar-refractivity contribution in [1.82, 2.24) is 9.38 Å². The Hall–Kier alpha value is -1.61. The van der Waals surface area contributed by atoms with Gasteiger partial charge in [0.25, 0.3) is 0 Å². The Bertz CT molecular complexity index is 551. The van der Waals surface area contributed by atoms with Crippen LogP contribution in [0.4, 0.5) is 0 Å². The molecule has 3 aromatic heterocycles. The first-order chi connectivity index (χ1) is 6.95. The summed E-state index contributed by atoms with van der Waals surface area (Å²) in [4.78, 5) is 4.34. The average molecular weight is 200 g/mol. The molecule has 0 aliphatic heterocycles. The molecule has 0 aliphatic carbocycles. The Balaban J connectivity index is 2.33. The highest BCUT2D eigenvalue weighted by Crippen LogP contribution is 2.22. The molecule has 0 saturated heterocycles. The molecule has 0 amide bonds. The minimum atomic E-state index is 0.994. The van der Waals surface area contributed by atoms with Crippen LogP contribution in [0.25, 0.3) is 16.9 Å². The van der Waals surface area contributed by atoms with E-state index in [2.05, 4.69) is 26.2 Å². The van der Waals surface area contributed by atoms with E-state index in [0.717, 1.165) is 11.3 Å². The van der Waals surface area contributed by atoms with E-state index in [9.17, 15) is 0 Å². The van der Waals surface area contributed by atoms with Gasteiger partial charge in [-0.05, 0) is 23.6 Å². The predicted molar refractivity (Wildman–Crippen MR) is 58.5 cm³/mol.